The predicted octanol–water partition coefficient (Wildman–Crippen LogP) is 3.87. The van der Waals surface area contributed by atoms with E-state index in [9.17, 15) is 0 Å². The van der Waals surface area contributed by atoms with Crippen molar-refractivity contribution in [1.82, 2.24) is 0 Å². The molecular weight excluding hydrogens is 144 g/mol. The second-order valence-corrected chi connectivity index (χ2v) is 3.45. The van der Waals surface area contributed by atoms with Crippen molar-refractivity contribution >= 4 is 0 Å². The minimum absolute atomic E-state index is 1.03. The molecule has 0 aliphatic heterocycles. The molecule has 66 valence electrons. The molecule has 0 aromatic heterocycles. The molecule has 0 nitrogen and oxygen atoms in total. The largest absolute Gasteiger partial charge is 0.0988 e. The molecule has 0 bridgehead atoms. The van der Waals surface area contributed by atoms with E-state index in [-0.39, 0.29) is 0 Å². The van der Waals surface area contributed by atoms with Gasteiger partial charge >= 0.3 is 0 Å². The summed E-state index contributed by atoms with van der Waals surface area (Å²) in [6, 6.07) is 0. The Morgan fingerprint density at radius 1 is 1.50 bits per heavy atom. The molecule has 1 saturated carbocycles. The van der Waals surface area contributed by atoms with Gasteiger partial charge in [0.25, 0.3) is 0 Å². The highest BCUT2D eigenvalue weighted by Crippen LogP contribution is 2.34. The predicted molar refractivity (Wildman–Crippen MR) is 55.1 cm³/mol. The van der Waals surface area contributed by atoms with Crippen LogP contribution in [0.15, 0.2) is 36.5 Å². The molecule has 0 aromatic rings. The Balaban J connectivity index is 2.27. The first-order valence-electron chi connectivity index (χ1n) is 4.81. The van der Waals surface area contributed by atoms with Crippen molar-refractivity contribution in [2.24, 2.45) is 5.92 Å². The zero-order valence-corrected chi connectivity index (χ0v) is 7.92. The van der Waals surface area contributed by atoms with Gasteiger partial charge < -0.3 is 0 Å². The molecule has 0 heteroatoms. The Labute approximate surface area is 75.7 Å². The number of hydrogen-bond donors (Lipinski definition) is 0. The van der Waals surface area contributed by atoms with Gasteiger partial charge in [-0.05, 0) is 31.3 Å². The molecule has 12 heavy (non-hydrogen) atoms. The smallest absolute Gasteiger partial charge is 0.0276 e. The first kappa shape index (κ1) is 9.31. The van der Waals surface area contributed by atoms with E-state index < -0.39 is 0 Å². The van der Waals surface area contributed by atoms with Crippen LogP contribution >= 0.6 is 0 Å². The monoisotopic (exact) mass is 162 g/mol. The molecule has 0 heterocycles. The summed E-state index contributed by atoms with van der Waals surface area (Å²) in [5.74, 6) is 1.03. The molecular formula is C12H18. The molecule has 0 N–H and O–H groups in total. The lowest BCUT2D eigenvalue weighted by molar-refractivity contribution is 0.729. The van der Waals surface area contributed by atoms with Crippen molar-refractivity contribution in [3.8, 4) is 0 Å². The van der Waals surface area contributed by atoms with Crippen LogP contribution in [0.2, 0.25) is 0 Å². The van der Waals surface area contributed by atoms with E-state index in [1.54, 1.807) is 0 Å². The second-order valence-electron chi connectivity index (χ2n) is 3.45. The highest BCUT2D eigenvalue weighted by molar-refractivity contribution is 5.21. The minimum atomic E-state index is 1.03. The van der Waals surface area contributed by atoms with E-state index >= 15 is 0 Å². The molecule has 0 atom stereocenters. The van der Waals surface area contributed by atoms with Crippen molar-refractivity contribution in [3.63, 3.8) is 0 Å². The van der Waals surface area contributed by atoms with Crippen LogP contribution < -0.4 is 0 Å². The Morgan fingerprint density at radius 2 is 2.25 bits per heavy atom. The second kappa shape index (κ2) is 4.97. The van der Waals surface area contributed by atoms with Gasteiger partial charge in [0.1, 0.15) is 0 Å². The van der Waals surface area contributed by atoms with Crippen LogP contribution in [0.5, 0.6) is 0 Å². The average Bonchev–Trinajstić information content (AvgIpc) is 2.89. The summed E-state index contributed by atoms with van der Waals surface area (Å²) in [7, 11) is 0. The van der Waals surface area contributed by atoms with E-state index in [1.807, 2.05) is 13.0 Å². The SMILES string of the molecule is C=C/C(=C\C=C/C)CCC1CC1. The number of allylic oxidation sites excluding steroid dienone is 5. The van der Waals surface area contributed by atoms with Crippen LogP contribution in [0, 0.1) is 5.92 Å². The van der Waals surface area contributed by atoms with Gasteiger partial charge in [-0.3, -0.25) is 0 Å². The minimum Gasteiger partial charge on any atom is -0.0988 e. The van der Waals surface area contributed by atoms with E-state index in [1.165, 1.54) is 31.3 Å². The first-order chi connectivity index (χ1) is 5.86. The van der Waals surface area contributed by atoms with Gasteiger partial charge in [-0.15, -0.1) is 0 Å². The third-order valence-corrected chi connectivity index (χ3v) is 2.30. The van der Waals surface area contributed by atoms with Crippen molar-refractivity contribution in [2.75, 3.05) is 0 Å². The van der Waals surface area contributed by atoms with E-state index in [2.05, 4.69) is 24.8 Å². The van der Waals surface area contributed by atoms with Crippen LogP contribution in [0.25, 0.3) is 0 Å². The Kier molecular flexibility index (Phi) is 3.86. The van der Waals surface area contributed by atoms with Crippen molar-refractivity contribution < 1.29 is 0 Å². The molecule has 0 spiro atoms. The molecule has 0 amide bonds. The summed E-state index contributed by atoms with van der Waals surface area (Å²) in [6.45, 7) is 5.85. The highest BCUT2D eigenvalue weighted by atomic mass is 14.3. The Bertz CT molecular complexity index is 192. The number of rotatable bonds is 5. The Hall–Kier alpha value is -0.780. The zero-order valence-electron chi connectivity index (χ0n) is 7.92. The van der Waals surface area contributed by atoms with Gasteiger partial charge in [0.2, 0.25) is 0 Å². The topological polar surface area (TPSA) is 0 Å². The molecule has 1 aliphatic rings. The molecule has 0 saturated heterocycles. The van der Waals surface area contributed by atoms with Crippen molar-refractivity contribution in [3.05, 3.63) is 36.5 Å². The van der Waals surface area contributed by atoms with Crippen LogP contribution in [-0.2, 0) is 0 Å². The lowest BCUT2D eigenvalue weighted by Gasteiger charge is -1.98. The summed E-state index contributed by atoms with van der Waals surface area (Å²) in [6.07, 6.45) is 13.7. The van der Waals surface area contributed by atoms with Crippen LogP contribution in [0.1, 0.15) is 32.6 Å². The van der Waals surface area contributed by atoms with Crippen LogP contribution in [0.3, 0.4) is 0 Å². The lowest BCUT2D eigenvalue weighted by Crippen LogP contribution is -1.80. The normalized spacial score (nSPS) is 18.6. The van der Waals surface area contributed by atoms with E-state index in [4.69, 9.17) is 0 Å². The Morgan fingerprint density at radius 3 is 2.75 bits per heavy atom. The molecule has 1 aliphatic carbocycles. The maximum Gasteiger partial charge on any atom is -0.0276 e. The van der Waals surface area contributed by atoms with E-state index in [0.717, 1.165) is 5.92 Å². The molecule has 0 radical (unpaired) electrons. The summed E-state index contributed by atoms with van der Waals surface area (Å²) in [5.41, 5.74) is 1.38. The zero-order chi connectivity index (χ0) is 8.81. The van der Waals surface area contributed by atoms with Crippen LogP contribution in [-0.4, -0.2) is 0 Å². The molecule has 0 unspecified atom stereocenters. The fourth-order valence-corrected chi connectivity index (χ4v) is 1.25. The van der Waals surface area contributed by atoms with Gasteiger partial charge in [0.05, 0.1) is 0 Å². The van der Waals surface area contributed by atoms with Gasteiger partial charge in [-0.25, -0.2) is 0 Å². The summed E-state index contributed by atoms with van der Waals surface area (Å²) in [5, 5.41) is 0. The van der Waals surface area contributed by atoms with Crippen LogP contribution in [0.4, 0.5) is 0 Å². The lowest BCUT2D eigenvalue weighted by atomic mass is 10.1. The fourth-order valence-electron chi connectivity index (χ4n) is 1.25. The maximum absolute atomic E-state index is 3.81. The van der Waals surface area contributed by atoms with Gasteiger partial charge in [0.15, 0.2) is 0 Å². The third kappa shape index (κ3) is 3.56. The fraction of sp³-hybridized carbons (Fsp3) is 0.500. The first-order valence-corrected chi connectivity index (χ1v) is 4.81. The maximum atomic E-state index is 3.81. The third-order valence-electron chi connectivity index (χ3n) is 2.30. The standard InChI is InChI=1S/C12H18/c1-3-5-6-11(4-2)7-8-12-9-10-12/h3-6,12H,2,7-10H2,1H3/b5-3-,11-6+. The highest BCUT2D eigenvalue weighted by Gasteiger charge is 2.20. The van der Waals surface area contributed by atoms with Crippen molar-refractivity contribution in [1.29, 1.82) is 0 Å². The molecule has 1 fully saturated rings. The molecule has 1 rings (SSSR count). The number of hydrogen-bond acceptors (Lipinski definition) is 0. The average molecular weight is 162 g/mol. The summed E-state index contributed by atoms with van der Waals surface area (Å²) < 4.78 is 0. The van der Waals surface area contributed by atoms with E-state index in [0.29, 0.717) is 0 Å². The summed E-state index contributed by atoms with van der Waals surface area (Å²) >= 11 is 0. The molecule has 0 aromatic carbocycles. The van der Waals surface area contributed by atoms with Gasteiger partial charge in [-0.1, -0.05) is 43.7 Å². The quantitative estimate of drug-likeness (QED) is 0.538. The summed E-state index contributed by atoms with van der Waals surface area (Å²) in [4.78, 5) is 0. The van der Waals surface area contributed by atoms with Crippen molar-refractivity contribution in [2.45, 2.75) is 32.6 Å². The van der Waals surface area contributed by atoms with Gasteiger partial charge in [-0.2, -0.15) is 0 Å². The van der Waals surface area contributed by atoms with Gasteiger partial charge in [0, 0.05) is 0 Å².